The lowest BCUT2D eigenvalue weighted by molar-refractivity contribution is 0.102. The average Bonchev–Trinajstić information content (AvgIpc) is 3.03. The molecule has 1 saturated heterocycles. The number of carbonyl (C=O) groups is 1. The Morgan fingerprint density at radius 3 is 2.68 bits per heavy atom. The van der Waals surface area contributed by atoms with Gasteiger partial charge in [-0.05, 0) is 37.3 Å². The van der Waals surface area contributed by atoms with Crippen molar-refractivity contribution in [3.8, 4) is 0 Å². The Kier molecular flexibility index (Phi) is 4.07. The Morgan fingerprint density at radius 1 is 1.16 bits per heavy atom. The van der Waals surface area contributed by atoms with Gasteiger partial charge in [0.2, 0.25) is 0 Å². The van der Waals surface area contributed by atoms with Gasteiger partial charge in [0.15, 0.2) is 5.65 Å². The van der Waals surface area contributed by atoms with Gasteiger partial charge in [-0.3, -0.25) is 4.79 Å². The monoisotopic (exact) mass is 336 g/mol. The minimum Gasteiger partial charge on any atom is -0.369 e. The standard InChI is InChI=1S/C18H20N6O/c1-13-12-20-24-9-6-16(22-17(13)24)18(25)21-14-2-4-15(5-3-14)23-10-7-19-8-11-23/h2-6,9,12,19H,7-8,10-11H2,1H3,(H,21,25). The number of amides is 1. The fourth-order valence-electron chi connectivity index (χ4n) is 2.98. The van der Waals surface area contributed by atoms with Crippen molar-refractivity contribution in [2.45, 2.75) is 6.92 Å². The maximum Gasteiger partial charge on any atom is 0.274 e. The first-order valence-corrected chi connectivity index (χ1v) is 8.39. The highest BCUT2D eigenvalue weighted by Crippen LogP contribution is 2.19. The van der Waals surface area contributed by atoms with E-state index in [1.165, 1.54) is 5.69 Å². The Hall–Kier alpha value is -2.93. The smallest absolute Gasteiger partial charge is 0.274 e. The Labute approximate surface area is 145 Å². The number of nitrogens with one attached hydrogen (secondary N) is 2. The van der Waals surface area contributed by atoms with Crippen molar-refractivity contribution in [2.75, 3.05) is 36.4 Å². The van der Waals surface area contributed by atoms with Crippen LogP contribution in [0.1, 0.15) is 16.1 Å². The molecular weight excluding hydrogens is 316 g/mol. The van der Waals surface area contributed by atoms with Crippen molar-refractivity contribution in [1.29, 1.82) is 0 Å². The minimum atomic E-state index is -0.224. The lowest BCUT2D eigenvalue weighted by Crippen LogP contribution is -2.43. The third kappa shape index (κ3) is 3.18. The van der Waals surface area contributed by atoms with Crippen LogP contribution in [0.3, 0.4) is 0 Å². The quantitative estimate of drug-likeness (QED) is 0.761. The van der Waals surface area contributed by atoms with Crippen LogP contribution < -0.4 is 15.5 Å². The molecule has 1 amide bonds. The van der Waals surface area contributed by atoms with Gasteiger partial charge >= 0.3 is 0 Å². The van der Waals surface area contributed by atoms with Gasteiger partial charge < -0.3 is 15.5 Å². The second-order valence-corrected chi connectivity index (χ2v) is 6.15. The molecular formula is C18H20N6O. The Balaban J connectivity index is 1.48. The van der Waals surface area contributed by atoms with Gasteiger partial charge in [0.1, 0.15) is 5.69 Å². The maximum atomic E-state index is 12.5. The molecule has 1 fully saturated rings. The van der Waals surface area contributed by atoms with Crippen molar-refractivity contribution in [3.63, 3.8) is 0 Å². The number of aromatic nitrogens is 3. The van der Waals surface area contributed by atoms with Crippen LogP contribution in [0.2, 0.25) is 0 Å². The van der Waals surface area contributed by atoms with E-state index in [2.05, 4.69) is 25.6 Å². The van der Waals surface area contributed by atoms with E-state index in [1.54, 1.807) is 23.0 Å². The molecule has 0 saturated carbocycles. The van der Waals surface area contributed by atoms with Gasteiger partial charge in [-0.15, -0.1) is 0 Å². The molecule has 1 aliphatic heterocycles. The molecule has 128 valence electrons. The molecule has 0 aliphatic carbocycles. The van der Waals surface area contributed by atoms with E-state index in [0.717, 1.165) is 37.4 Å². The first-order valence-electron chi connectivity index (χ1n) is 8.39. The molecule has 0 bridgehead atoms. The number of aryl methyl sites for hydroxylation is 1. The van der Waals surface area contributed by atoms with Crippen molar-refractivity contribution >= 4 is 22.9 Å². The highest BCUT2D eigenvalue weighted by Gasteiger charge is 2.12. The summed E-state index contributed by atoms with van der Waals surface area (Å²) < 4.78 is 1.66. The summed E-state index contributed by atoms with van der Waals surface area (Å²) in [5.41, 5.74) is 3.95. The van der Waals surface area contributed by atoms with Crippen LogP contribution in [0.25, 0.3) is 5.65 Å². The number of carbonyl (C=O) groups excluding carboxylic acids is 1. The Bertz CT molecular complexity index is 896. The number of anilines is 2. The Morgan fingerprint density at radius 2 is 1.92 bits per heavy atom. The molecule has 7 nitrogen and oxygen atoms in total. The van der Waals surface area contributed by atoms with E-state index >= 15 is 0 Å². The number of hydrogen-bond donors (Lipinski definition) is 2. The highest BCUT2D eigenvalue weighted by molar-refractivity contribution is 6.03. The SMILES string of the molecule is Cc1cnn2ccc(C(=O)Nc3ccc(N4CCNCC4)cc3)nc12. The van der Waals surface area contributed by atoms with E-state index in [0.29, 0.717) is 11.3 Å². The van der Waals surface area contributed by atoms with Crippen molar-refractivity contribution in [1.82, 2.24) is 19.9 Å². The third-order valence-electron chi connectivity index (χ3n) is 4.39. The van der Waals surface area contributed by atoms with Gasteiger partial charge in [0.25, 0.3) is 5.91 Å². The lowest BCUT2D eigenvalue weighted by Gasteiger charge is -2.29. The molecule has 1 aromatic carbocycles. The topological polar surface area (TPSA) is 74.6 Å². The van der Waals surface area contributed by atoms with E-state index in [1.807, 2.05) is 31.2 Å². The molecule has 25 heavy (non-hydrogen) atoms. The predicted molar refractivity (Wildman–Crippen MR) is 97.2 cm³/mol. The van der Waals surface area contributed by atoms with Crippen LogP contribution >= 0.6 is 0 Å². The molecule has 0 atom stereocenters. The molecule has 2 aromatic heterocycles. The first kappa shape index (κ1) is 15.6. The summed E-state index contributed by atoms with van der Waals surface area (Å²) in [7, 11) is 0. The van der Waals surface area contributed by atoms with Gasteiger partial charge in [0, 0.05) is 49.3 Å². The number of nitrogens with zero attached hydrogens (tertiary/aromatic N) is 4. The number of rotatable bonds is 3. The molecule has 3 heterocycles. The maximum absolute atomic E-state index is 12.5. The molecule has 0 unspecified atom stereocenters. The van der Waals surface area contributed by atoms with Gasteiger partial charge in [-0.1, -0.05) is 0 Å². The van der Waals surface area contributed by atoms with E-state index in [9.17, 15) is 4.79 Å². The van der Waals surface area contributed by atoms with Crippen LogP contribution in [-0.2, 0) is 0 Å². The van der Waals surface area contributed by atoms with Crippen molar-refractivity contribution in [3.05, 3.63) is 54.0 Å². The summed E-state index contributed by atoms with van der Waals surface area (Å²) in [6, 6.07) is 9.61. The molecule has 4 rings (SSSR count). The van der Waals surface area contributed by atoms with Gasteiger partial charge in [0.05, 0.1) is 6.20 Å². The summed E-state index contributed by atoms with van der Waals surface area (Å²) in [5.74, 6) is -0.224. The fourth-order valence-corrected chi connectivity index (χ4v) is 2.98. The molecule has 0 radical (unpaired) electrons. The van der Waals surface area contributed by atoms with Crippen LogP contribution in [0.15, 0.2) is 42.7 Å². The van der Waals surface area contributed by atoms with E-state index < -0.39 is 0 Å². The van der Waals surface area contributed by atoms with E-state index in [-0.39, 0.29) is 5.91 Å². The molecule has 2 N–H and O–H groups in total. The zero-order chi connectivity index (χ0) is 17.2. The van der Waals surface area contributed by atoms with Crippen LogP contribution in [0, 0.1) is 6.92 Å². The van der Waals surface area contributed by atoms with Crippen LogP contribution in [0.4, 0.5) is 11.4 Å². The number of fused-ring (bicyclic) bond motifs is 1. The first-order chi connectivity index (χ1) is 12.2. The fraction of sp³-hybridized carbons (Fsp3) is 0.278. The normalized spacial score (nSPS) is 14.7. The predicted octanol–water partition coefficient (Wildman–Crippen LogP) is 1.70. The molecule has 7 heteroatoms. The highest BCUT2D eigenvalue weighted by atomic mass is 16.1. The number of piperazine rings is 1. The largest absolute Gasteiger partial charge is 0.369 e. The zero-order valence-electron chi connectivity index (χ0n) is 14.1. The van der Waals surface area contributed by atoms with Crippen LogP contribution in [-0.4, -0.2) is 46.7 Å². The number of hydrogen-bond acceptors (Lipinski definition) is 5. The molecule has 0 spiro atoms. The van der Waals surface area contributed by atoms with Crippen LogP contribution in [0.5, 0.6) is 0 Å². The van der Waals surface area contributed by atoms with Gasteiger partial charge in [-0.2, -0.15) is 5.10 Å². The minimum absolute atomic E-state index is 0.224. The average molecular weight is 336 g/mol. The third-order valence-corrected chi connectivity index (χ3v) is 4.39. The van der Waals surface area contributed by atoms with E-state index in [4.69, 9.17) is 0 Å². The summed E-state index contributed by atoms with van der Waals surface area (Å²) in [6.45, 7) is 5.92. The lowest BCUT2D eigenvalue weighted by atomic mass is 10.2. The zero-order valence-corrected chi connectivity index (χ0v) is 14.1. The van der Waals surface area contributed by atoms with Crippen molar-refractivity contribution < 1.29 is 4.79 Å². The van der Waals surface area contributed by atoms with Crippen molar-refractivity contribution in [2.24, 2.45) is 0 Å². The van der Waals surface area contributed by atoms with Gasteiger partial charge in [-0.25, -0.2) is 9.50 Å². The number of benzene rings is 1. The summed E-state index contributed by atoms with van der Waals surface area (Å²) in [6.07, 6.45) is 3.48. The molecule has 3 aromatic rings. The summed E-state index contributed by atoms with van der Waals surface area (Å²) in [5, 5.41) is 10.4. The summed E-state index contributed by atoms with van der Waals surface area (Å²) >= 11 is 0. The summed E-state index contributed by atoms with van der Waals surface area (Å²) in [4.78, 5) is 19.2. The second-order valence-electron chi connectivity index (χ2n) is 6.15. The molecule has 1 aliphatic rings. The second kappa shape index (κ2) is 6.52.